The van der Waals surface area contributed by atoms with Gasteiger partial charge in [-0.1, -0.05) is 30.3 Å². The molecule has 8 nitrogen and oxygen atoms in total. The van der Waals surface area contributed by atoms with Crippen molar-refractivity contribution in [3.05, 3.63) is 84.4 Å². The van der Waals surface area contributed by atoms with Gasteiger partial charge in [-0.3, -0.25) is 9.10 Å². The molecule has 0 aliphatic heterocycles. The normalized spacial score (nSPS) is 11.3. The maximum Gasteiger partial charge on any atom is 0.260 e. The lowest BCUT2D eigenvalue weighted by Crippen LogP contribution is -2.39. The Morgan fingerprint density at radius 3 is 2.03 bits per heavy atom. The number of amides is 1. The van der Waals surface area contributed by atoms with E-state index in [0.29, 0.717) is 17.2 Å². The Morgan fingerprint density at radius 2 is 1.46 bits per heavy atom. The second-order valence-corrected chi connectivity index (χ2v) is 9.64. The van der Waals surface area contributed by atoms with E-state index >= 15 is 0 Å². The number of benzene rings is 3. The quantitative estimate of drug-likeness (QED) is 0.318. The van der Waals surface area contributed by atoms with Crippen molar-refractivity contribution in [2.24, 2.45) is 5.10 Å². The first kappa shape index (κ1) is 25.8. The molecule has 1 amide bonds. The van der Waals surface area contributed by atoms with Crippen LogP contribution in [0.2, 0.25) is 0 Å². The van der Waals surface area contributed by atoms with Gasteiger partial charge in [-0.25, -0.2) is 13.8 Å². The van der Waals surface area contributed by atoms with Gasteiger partial charge in [0.15, 0.2) is 0 Å². The molecule has 0 aliphatic rings. The monoisotopic (exact) mass is 494 g/mol. The van der Waals surface area contributed by atoms with Gasteiger partial charge in [0.05, 0.1) is 18.2 Å². The van der Waals surface area contributed by atoms with Crippen molar-refractivity contribution in [1.29, 1.82) is 0 Å². The molecule has 0 saturated carbocycles. The third-order valence-corrected chi connectivity index (χ3v) is 6.36. The number of hydrogen-bond donors (Lipinski definition) is 1. The lowest BCUT2D eigenvalue weighted by atomic mass is 10.2. The zero-order valence-corrected chi connectivity index (χ0v) is 20.9. The molecule has 3 rings (SSSR count). The number of ether oxygens (including phenoxy) is 1. The zero-order valence-electron chi connectivity index (χ0n) is 20.1. The second kappa shape index (κ2) is 12.0. The van der Waals surface area contributed by atoms with Crippen LogP contribution in [0.3, 0.4) is 0 Å². The Balaban J connectivity index is 1.62. The number of anilines is 2. The third kappa shape index (κ3) is 7.58. The van der Waals surface area contributed by atoms with Crippen LogP contribution < -0.4 is 19.4 Å². The molecule has 3 aromatic rings. The molecule has 0 atom stereocenters. The highest BCUT2D eigenvalue weighted by molar-refractivity contribution is 7.92. The molecular formula is C26H30N4O4S. The van der Waals surface area contributed by atoms with Crippen molar-refractivity contribution < 1.29 is 17.9 Å². The van der Waals surface area contributed by atoms with Gasteiger partial charge in [0.2, 0.25) is 10.0 Å². The number of hydrazone groups is 1. The van der Waals surface area contributed by atoms with Crippen molar-refractivity contribution in [1.82, 2.24) is 5.43 Å². The molecule has 0 unspecified atom stereocenters. The van der Waals surface area contributed by atoms with E-state index in [1.807, 2.05) is 54.6 Å². The fourth-order valence-corrected chi connectivity index (χ4v) is 4.27. The van der Waals surface area contributed by atoms with Gasteiger partial charge in [-0.15, -0.1) is 0 Å². The van der Waals surface area contributed by atoms with Crippen molar-refractivity contribution in [3.63, 3.8) is 0 Å². The largest absolute Gasteiger partial charge is 0.457 e. The van der Waals surface area contributed by atoms with E-state index in [4.69, 9.17) is 4.74 Å². The first-order valence-electron chi connectivity index (χ1n) is 11.3. The van der Waals surface area contributed by atoms with E-state index in [2.05, 4.69) is 29.3 Å². The van der Waals surface area contributed by atoms with Crippen LogP contribution in [0, 0.1) is 0 Å². The molecule has 0 saturated heterocycles. The van der Waals surface area contributed by atoms with Gasteiger partial charge in [-0.2, -0.15) is 5.10 Å². The summed E-state index contributed by atoms with van der Waals surface area (Å²) in [6.07, 6.45) is 2.57. The lowest BCUT2D eigenvalue weighted by Gasteiger charge is -2.21. The SMILES string of the molecule is CCN(CC)c1ccc(/C=N/NC(=O)CN(c2ccc(Oc3ccccc3)cc2)S(C)(=O)=O)cc1. The van der Waals surface area contributed by atoms with Crippen LogP contribution in [0.1, 0.15) is 19.4 Å². The van der Waals surface area contributed by atoms with E-state index in [1.54, 1.807) is 24.3 Å². The molecule has 0 aromatic heterocycles. The average Bonchev–Trinajstić information content (AvgIpc) is 2.85. The van der Waals surface area contributed by atoms with Crippen molar-refractivity contribution in [2.75, 3.05) is 35.1 Å². The van der Waals surface area contributed by atoms with Crippen molar-refractivity contribution in [3.8, 4) is 11.5 Å². The number of carbonyl (C=O) groups is 1. The number of nitrogens with one attached hydrogen (secondary N) is 1. The average molecular weight is 495 g/mol. The van der Waals surface area contributed by atoms with E-state index in [-0.39, 0.29) is 0 Å². The van der Waals surface area contributed by atoms with Gasteiger partial charge < -0.3 is 9.64 Å². The van der Waals surface area contributed by atoms with Crippen molar-refractivity contribution >= 4 is 33.5 Å². The highest BCUT2D eigenvalue weighted by Gasteiger charge is 2.20. The summed E-state index contributed by atoms with van der Waals surface area (Å²) in [5.41, 5.74) is 4.67. The number of sulfonamides is 1. The van der Waals surface area contributed by atoms with E-state index < -0.39 is 22.5 Å². The molecule has 0 radical (unpaired) electrons. The number of nitrogens with zero attached hydrogens (tertiary/aromatic N) is 3. The number of carbonyl (C=O) groups excluding carboxylic acids is 1. The summed E-state index contributed by atoms with van der Waals surface area (Å²) >= 11 is 0. The van der Waals surface area contributed by atoms with Crippen LogP contribution in [0.4, 0.5) is 11.4 Å². The van der Waals surface area contributed by atoms with Crippen LogP contribution in [-0.4, -0.2) is 46.4 Å². The Hall–Kier alpha value is -3.85. The molecule has 0 fully saturated rings. The maximum absolute atomic E-state index is 12.4. The minimum Gasteiger partial charge on any atom is -0.457 e. The van der Waals surface area contributed by atoms with Gasteiger partial charge in [-0.05, 0) is 67.9 Å². The summed E-state index contributed by atoms with van der Waals surface area (Å²) < 4.78 is 31.5. The smallest absolute Gasteiger partial charge is 0.260 e. The highest BCUT2D eigenvalue weighted by atomic mass is 32.2. The molecule has 0 bridgehead atoms. The molecule has 184 valence electrons. The van der Waals surface area contributed by atoms with E-state index in [1.165, 1.54) is 6.21 Å². The summed E-state index contributed by atoms with van der Waals surface area (Å²) in [5, 5.41) is 3.97. The summed E-state index contributed by atoms with van der Waals surface area (Å²) in [7, 11) is -3.70. The number of rotatable bonds is 11. The fourth-order valence-electron chi connectivity index (χ4n) is 3.41. The van der Waals surface area contributed by atoms with Gasteiger partial charge in [0, 0.05) is 18.8 Å². The molecule has 0 aliphatic carbocycles. The Kier molecular flexibility index (Phi) is 8.86. The van der Waals surface area contributed by atoms with Crippen LogP contribution in [0.25, 0.3) is 0 Å². The molecular weight excluding hydrogens is 464 g/mol. The van der Waals surface area contributed by atoms with Gasteiger partial charge in [0.1, 0.15) is 18.0 Å². The van der Waals surface area contributed by atoms with Crippen LogP contribution >= 0.6 is 0 Å². The molecule has 1 N–H and O–H groups in total. The minimum absolute atomic E-state index is 0.346. The van der Waals surface area contributed by atoms with Crippen molar-refractivity contribution in [2.45, 2.75) is 13.8 Å². The number of hydrogen-bond acceptors (Lipinski definition) is 6. The summed E-state index contributed by atoms with van der Waals surface area (Å²) in [6, 6.07) is 23.5. The summed E-state index contributed by atoms with van der Waals surface area (Å²) in [4.78, 5) is 14.7. The Morgan fingerprint density at radius 1 is 0.886 bits per heavy atom. The van der Waals surface area contributed by atoms with Gasteiger partial charge in [0.25, 0.3) is 5.91 Å². The van der Waals surface area contributed by atoms with E-state index in [9.17, 15) is 13.2 Å². The minimum atomic E-state index is -3.70. The van der Waals surface area contributed by atoms with Crippen LogP contribution in [0.5, 0.6) is 11.5 Å². The molecule has 9 heteroatoms. The molecule has 35 heavy (non-hydrogen) atoms. The highest BCUT2D eigenvalue weighted by Crippen LogP contribution is 2.25. The Labute approximate surface area is 206 Å². The fraction of sp³-hybridized carbons (Fsp3) is 0.231. The maximum atomic E-state index is 12.4. The lowest BCUT2D eigenvalue weighted by molar-refractivity contribution is -0.119. The molecule has 0 heterocycles. The first-order valence-corrected chi connectivity index (χ1v) is 13.1. The van der Waals surface area contributed by atoms with Gasteiger partial charge >= 0.3 is 0 Å². The first-order chi connectivity index (χ1) is 16.8. The Bertz CT molecular complexity index is 1220. The molecule has 3 aromatic carbocycles. The van der Waals surface area contributed by atoms with E-state index in [0.717, 1.165) is 34.9 Å². The predicted octanol–water partition coefficient (Wildman–Crippen LogP) is 4.24. The van der Waals surface area contributed by atoms with Crippen LogP contribution in [-0.2, 0) is 14.8 Å². The topological polar surface area (TPSA) is 91.3 Å². The summed E-state index contributed by atoms with van der Waals surface area (Å²) in [6.45, 7) is 5.62. The zero-order chi connectivity index (χ0) is 25.3. The number of para-hydroxylation sites is 1. The second-order valence-electron chi connectivity index (χ2n) is 7.74. The van der Waals surface area contributed by atoms with Crippen LogP contribution in [0.15, 0.2) is 84.0 Å². The third-order valence-electron chi connectivity index (χ3n) is 5.22. The molecule has 0 spiro atoms. The predicted molar refractivity (Wildman–Crippen MR) is 141 cm³/mol. The standard InChI is InChI=1S/C26H30N4O4S/c1-4-29(5-2)22-13-11-21(12-14-22)19-27-28-26(31)20-30(35(3,32)33)23-15-17-25(18-16-23)34-24-9-7-6-8-10-24/h6-19H,4-5,20H2,1-3H3,(H,28,31)/b27-19+. The summed E-state index contributed by atoms with van der Waals surface area (Å²) in [5.74, 6) is 0.658.